The van der Waals surface area contributed by atoms with Crippen LogP contribution in [0.4, 0.5) is 4.79 Å². The van der Waals surface area contributed by atoms with E-state index < -0.39 is 34.9 Å². The van der Waals surface area contributed by atoms with E-state index in [-0.39, 0.29) is 13.0 Å². The minimum atomic E-state index is -4.34. The second kappa shape index (κ2) is 7.04. The van der Waals surface area contributed by atoms with Crippen molar-refractivity contribution in [3.8, 4) is 0 Å². The highest BCUT2D eigenvalue weighted by atomic mass is 32.2. The average molecular weight is 270 g/mol. The fraction of sp³-hybridized carbons (Fsp3) is 0.714. The number of aliphatic carboxylic acids is 1. The van der Waals surface area contributed by atoms with Gasteiger partial charge in [0.2, 0.25) is 0 Å². The van der Waals surface area contributed by atoms with E-state index in [0.29, 0.717) is 0 Å². The van der Waals surface area contributed by atoms with E-state index in [9.17, 15) is 18.0 Å². The first kappa shape index (κ1) is 15.6. The van der Waals surface area contributed by atoms with Crippen LogP contribution >= 0.6 is 0 Å². The lowest BCUT2D eigenvalue weighted by Gasteiger charge is -2.13. The lowest BCUT2D eigenvalue weighted by atomic mass is 10.2. The Kier molecular flexibility index (Phi) is 6.46. The number of aliphatic hydroxyl groups excluding tert-OH is 1. The predicted molar refractivity (Wildman–Crippen MR) is 55.3 cm³/mol. The van der Waals surface area contributed by atoms with E-state index in [0.717, 1.165) is 0 Å². The third-order valence-electron chi connectivity index (χ3n) is 1.51. The van der Waals surface area contributed by atoms with Gasteiger partial charge in [-0.1, -0.05) is 0 Å². The summed E-state index contributed by atoms with van der Waals surface area (Å²) in [5, 5.41) is 17.2. The molecule has 17 heavy (non-hydrogen) atoms. The third kappa shape index (κ3) is 6.71. The molecule has 0 aliphatic heterocycles. The summed E-state index contributed by atoms with van der Waals surface area (Å²) >= 11 is 0. The smallest absolute Gasteiger partial charge is 0.421 e. The molecule has 1 atom stereocenters. The third-order valence-corrected chi connectivity index (χ3v) is 2.54. The maximum Gasteiger partial charge on any atom is 0.421 e. The van der Waals surface area contributed by atoms with E-state index in [1.165, 1.54) is 11.6 Å². The van der Waals surface area contributed by atoms with Crippen LogP contribution in [0.5, 0.6) is 0 Å². The van der Waals surface area contributed by atoms with Crippen molar-refractivity contribution >= 4 is 22.3 Å². The number of hydrogen-bond donors (Lipinski definition) is 4. The first-order valence-electron chi connectivity index (χ1n) is 4.63. The first-order valence-corrected chi connectivity index (χ1v) is 6.11. The summed E-state index contributed by atoms with van der Waals surface area (Å²) in [4.78, 5) is 21.4. The van der Waals surface area contributed by atoms with E-state index in [4.69, 9.17) is 10.2 Å². The molecule has 9 nitrogen and oxygen atoms in total. The standard InChI is InChI=1S/C7H14N2O7S/c1-2-16-7(13)9-17(14,15)8-5(3-4-10)6(11)12/h5,8,10H,2-4H2,1H3,(H,9,13)(H,11,12). The molecular weight excluding hydrogens is 256 g/mol. The van der Waals surface area contributed by atoms with Gasteiger partial charge in [0, 0.05) is 6.61 Å². The molecule has 0 aromatic heterocycles. The summed E-state index contributed by atoms with van der Waals surface area (Å²) in [6.45, 7) is 0.935. The van der Waals surface area contributed by atoms with Gasteiger partial charge in [0.25, 0.3) is 0 Å². The van der Waals surface area contributed by atoms with Crippen LogP contribution in [0.15, 0.2) is 0 Å². The van der Waals surface area contributed by atoms with Gasteiger partial charge >= 0.3 is 22.3 Å². The molecule has 0 aromatic carbocycles. The van der Waals surface area contributed by atoms with Crippen LogP contribution in [0.25, 0.3) is 0 Å². The molecule has 0 saturated carbocycles. The fourth-order valence-electron chi connectivity index (χ4n) is 0.849. The van der Waals surface area contributed by atoms with Gasteiger partial charge in [0.1, 0.15) is 6.04 Å². The van der Waals surface area contributed by atoms with Gasteiger partial charge in [-0.05, 0) is 13.3 Å². The van der Waals surface area contributed by atoms with E-state index in [1.807, 2.05) is 0 Å². The number of carbonyl (C=O) groups is 2. The summed E-state index contributed by atoms with van der Waals surface area (Å²) in [6, 6.07) is -1.52. The summed E-state index contributed by atoms with van der Waals surface area (Å²) in [7, 11) is -4.34. The Morgan fingerprint density at radius 1 is 1.41 bits per heavy atom. The molecular formula is C7H14N2O7S. The molecule has 0 fully saturated rings. The molecule has 10 heteroatoms. The number of aliphatic hydroxyl groups is 1. The lowest BCUT2D eigenvalue weighted by Crippen LogP contribution is -2.48. The lowest BCUT2D eigenvalue weighted by molar-refractivity contribution is -0.139. The van der Waals surface area contributed by atoms with E-state index >= 15 is 0 Å². The van der Waals surface area contributed by atoms with Gasteiger partial charge in [0.15, 0.2) is 0 Å². The molecule has 0 spiro atoms. The Bertz CT molecular complexity index is 366. The largest absolute Gasteiger partial charge is 0.480 e. The van der Waals surface area contributed by atoms with Gasteiger partial charge in [-0.3, -0.25) is 4.79 Å². The van der Waals surface area contributed by atoms with E-state index in [1.54, 1.807) is 4.72 Å². The summed E-state index contributed by atoms with van der Waals surface area (Å²) < 4.78 is 29.9. The van der Waals surface area contributed by atoms with Crippen LogP contribution in [0.1, 0.15) is 13.3 Å². The van der Waals surface area contributed by atoms with Crippen LogP contribution in [-0.2, 0) is 19.7 Å². The number of carboxylic acids is 1. The van der Waals surface area contributed by atoms with Gasteiger partial charge in [-0.25, -0.2) is 9.52 Å². The number of rotatable bonds is 7. The summed E-state index contributed by atoms with van der Waals surface area (Å²) in [5.41, 5.74) is 0. The monoisotopic (exact) mass is 270 g/mol. The second-order valence-electron chi connectivity index (χ2n) is 2.85. The Morgan fingerprint density at radius 3 is 2.41 bits per heavy atom. The van der Waals surface area contributed by atoms with Gasteiger partial charge in [-0.2, -0.15) is 13.1 Å². The van der Waals surface area contributed by atoms with Crippen molar-refractivity contribution in [1.82, 2.24) is 9.44 Å². The van der Waals surface area contributed by atoms with Crippen molar-refractivity contribution in [1.29, 1.82) is 0 Å². The molecule has 4 N–H and O–H groups in total. The van der Waals surface area contributed by atoms with Crippen molar-refractivity contribution in [3.63, 3.8) is 0 Å². The number of carboxylic acid groups (broad SMARTS) is 1. The molecule has 0 saturated heterocycles. The molecule has 0 aliphatic carbocycles. The minimum Gasteiger partial charge on any atom is -0.480 e. The number of ether oxygens (including phenoxy) is 1. The quantitative estimate of drug-likeness (QED) is 0.436. The zero-order valence-electron chi connectivity index (χ0n) is 9.04. The van der Waals surface area contributed by atoms with Gasteiger partial charge in [-0.15, -0.1) is 0 Å². The van der Waals surface area contributed by atoms with Gasteiger partial charge in [0.05, 0.1) is 6.61 Å². The Hall–Kier alpha value is -1.39. The molecule has 0 bridgehead atoms. The molecule has 100 valence electrons. The van der Waals surface area contributed by atoms with Crippen LogP contribution in [0.2, 0.25) is 0 Å². The highest BCUT2D eigenvalue weighted by Gasteiger charge is 2.25. The van der Waals surface area contributed by atoms with E-state index in [2.05, 4.69) is 4.74 Å². The summed E-state index contributed by atoms with van der Waals surface area (Å²) in [5.74, 6) is -1.46. The molecule has 0 aromatic rings. The number of nitrogens with one attached hydrogen (secondary N) is 2. The average Bonchev–Trinajstić information content (AvgIpc) is 2.15. The SMILES string of the molecule is CCOC(=O)NS(=O)(=O)NC(CCO)C(=O)O. The highest BCUT2D eigenvalue weighted by Crippen LogP contribution is 1.94. The molecule has 0 rings (SSSR count). The minimum absolute atomic E-state index is 0.0274. The zero-order valence-corrected chi connectivity index (χ0v) is 9.86. The van der Waals surface area contributed by atoms with Crippen LogP contribution in [-0.4, -0.2) is 49.9 Å². The number of amides is 1. The Labute approximate surface area is 97.9 Å². The Balaban J connectivity index is 4.50. The van der Waals surface area contributed by atoms with Crippen molar-refractivity contribution in [2.75, 3.05) is 13.2 Å². The van der Waals surface area contributed by atoms with Crippen molar-refractivity contribution in [2.24, 2.45) is 0 Å². The molecule has 0 radical (unpaired) electrons. The highest BCUT2D eigenvalue weighted by molar-refractivity contribution is 7.88. The summed E-state index contributed by atoms with van der Waals surface area (Å²) in [6.07, 6.45) is -1.54. The molecule has 1 unspecified atom stereocenters. The second-order valence-corrected chi connectivity index (χ2v) is 4.29. The molecule has 0 heterocycles. The van der Waals surface area contributed by atoms with Crippen LogP contribution in [0, 0.1) is 0 Å². The predicted octanol–water partition coefficient (Wildman–Crippen LogP) is -1.60. The zero-order chi connectivity index (χ0) is 13.5. The van der Waals surface area contributed by atoms with Crippen LogP contribution < -0.4 is 9.44 Å². The fourth-order valence-corrected chi connectivity index (χ4v) is 1.78. The molecule has 1 amide bonds. The number of hydrogen-bond acceptors (Lipinski definition) is 6. The topological polar surface area (TPSA) is 142 Å². The van der Waals surface area contributed by atoms with Crippen LogP contribution in [0.3, 0.4) is 0 Å². The maximum absolute atomic E-state index is 11.2. The van der Waals surface area contributed by atoms with Gasteiger partial charge < -0.3 is 14.9 Å². The van der Waals surface area contributed by atoms with Crippen molar-refractivity contribution in [3.05, 3.63) is 0 Å². The van der Waals surface area contributed by atoms with Crippen molar-refractivity contribution in [2.45, 2.75) is 19.4 Å². The van der Waals surface area contributed by atoms with Crippen molar-refractivity contribution < 1.29 is 33.0 Å². The number of carbonyl (C=O) groups excluding carboxylic acids is 1. The maximum atomic E-state index is 11.2. The molecule has 0 aliphatic rings. The first-order chi connectivity index (χ1) is 7.82. The Morgan fingerprint density at radius 2 is 2.00 bits per heavy atom. The normalized spacial score (nSPS) is 12.8.